The molecule has 0 saturated carbocycles. The highest BCUT2D eigenvalue weighted by molar-refractivity contribution is 7.90. The van der Waals surface area contributed by atoms with Crippen LogP contribution in [0.5, 0.6) is 0 Å². The van der Waals surface area contributed by atoms with Crippen LogP contribution in [0.25, 0.3) is 11.4 Å². The average molecular weight is 219 g/mol. The number of benzene rings is 1. The third-order valence-corrected chi connectivity index (χ3v) is 2.91. The summed E-state index contributed by atoms with van der Waals surface area (Å²) in [4.78, 5) is 12.6. The van der Waals surface area contributed by atoms with Gasteiger partial charge in [-0.3, -0.25) is 0 Å². The van der Waals surface area contributed by atoms with Gasteiger partial charge in [0.1, 0.15) is 18.9 Å². The Labute approximate surface area is 90.6 Å². The van der Waals surface area contributed by atoms with Crippen molar-refractivity contribution < 1.29 is 4.55 Å². The zero-order valence-electron chi connectivity index (χ0n) is 8.12. The molecule has 2 aromatic rings. The topological polar surface area (TPSA) is 61.7 Å². The van der Waals surface area contributed by atoms with Gasteiger partial charge in [-0.25, -0.2) is 15.0 Å². The summed E-state index contributed by atoms with van der Waals surface area (Å²) in [5, 5.41) is 0. The first kappa shape index (κ1) is 10.1. The molecule has 0 saturated heterocycles. The molecule has 0 aliphatic rings. The lowest BCUT2D eigenvalue weighted by Crippen LogP contribution is -2.01. The van der Waals surface area contributed by atoms with Gasteiger partial charge >= 0.3 is 0 Å². The van der Waals surface area contributed by atoms with Crippen LogP contribution in [0.4, 0.5) is 0 Å². The number of nitrogens with zero attached hydrogens (tertiary/aromatic N) is 3. The zero-order valence-corrected chi connectivity index (χ0v) is 8.94. The highest BCUT2D eigenvalue weighted by Crippen LogP contribution is 2.23. The van der Waals surface area contributed by atoms with Crippen LogP contribution in [0.15, 0.2) is 41.8 Å². The predicted molar refractivity (Wildman–Crippen MR) is 57.6 cm³/mol. The van der Waals surface area contributed by atoms with Gasteiger partial charge in [0.2, 0.25) is 0 Å². The van der Waals surface area contributed by atoms with Gasteiger partial charge in [0, 0.05) is 0 Å². The van der Waals surface area contributed by atoms with Crippen LogP contribution < -0.4 is 0 Å². The van der Waals surface area contributed by atoms with Crippen LogP contribution in [0.3, 0.4) is 0 Å². The first-order chi connectivity index (χ1) is 7.29. The molecule has 0 amide bonds. The van der Waals surface area contributed by atoms with Gasteiger partial charge in [-0.2, -0.15) is 0 Å². The van der Waals surface area contributed by atoms with Crippen LogP contribution in [-0.4, -0.2) is 25.8 Å². The maximum atomic E-state index is 11.5. The molecule has 5 heteroatoms. The molecule has 1 unspecified atom stereocenters. The molecule has 1 aromatic heterocycles. The fraction of sp³-hybridized carbons (Fsp3) is 0.100. The Balaban J connectivity index is 2.53. The van der Waals surface area contributed by atoms with E-state index >= 15 is 0 Å². The van der Waals surface area contributed by atoms with Crippen molar-refractivity contribution in [2.24, 2.45) is 0 Å². The van der Waals surface area contributed by atoms with Gasteiger partial charge in [0.05, 0.1) is 5.56 Å². The van der Waals surface area contributed by atoms with Gasteiger partial charge in [-0.15, -0.1) is 0 Å². The summed E-state index contributed by atoms with van der Waals surface area (Å²) < 4.78 is 11.5. The zero-order chi connectivity index (χ0) is 10.7. The smallest absolute Gasteiger partial charge is 0.167 e. The monoisotopic (exact) mass is 219 g/mol. The summed E-state index contributed by atoms with van der Waals surface area (Å²) in [5.74, 6) is 0.552. The maximum Gasteiger partial charge on any atom is 0.167 e. The number of hydrogen-bond donors (Lipinski definition) is 0. The van der Waals surface area contributed by atoms with Crippen LogP contribution in [-0.2, 0) is 11.2 Å². The molecule has 0 spiro atoms. The van der Waals surface area contributed by atoms with Crippen LogP contribution in [0, 0.1) is 0 Å². The molecule has 0 fully saturated rings. The standard InChI is InChI=1S/C10H9N3OS/c1-15(14)9-5-3-2-4-8(9)10-12-6-11-7-13-10/h2-7H,1H3. The van der Waals surface area contributed by atoms with Gasteiger partial charge in [-0.05, 0) is 23.3 Å². The highest BCUT2D eigenvalue weighted by Gasteiger charge is 2.13. The maximum absolute atomic E-state index is 11.5. The van der Waals surface area contributed by atoms with Crippen molar-refractivity contribution in [3.63, 3.8) is 0 Å². The largest absolute Gasteiger partial charge is 0.612 e. The minimum absolute atomic E-state index is 0.552. The lowest BCUT2D eigenvalue weighted by atomic mass is 10.2. The van der Waals surface area contributed by atoms with E-state index in [0.717, 1.165) is 10.5 Å². The van der Waals surface area contributed by atoms with E-state index in [1.165, 1.54) is 12.7 Å². The normalized spacial score (nSPS) is 12.4. The molecule has 1 heterocycles. The van der Waals surface area contributed by atoms with Crippen LogP contribution in [0.1, 0.15) is 0 Å². The molecular weight excluding hydrogens is 210 g/mol. The highest BCUT2D eigenvalue weighted by atomic mass is 32.2. The Morgan fingerprint density at radius 2 is 1.80 bits per heavy atom. The van der Waals surface area contributed by atoms with Gasteiger partial charge < -0.3 is 4.55 Å². The minimum atomic E-state index is -1.04. The minimum Gasteiger partial charge on any atom is -0.612 e. The summed E-state index contributed by atoms with van der Waals surface area (Å²) in [6.07, 6.45) is 4.50. The van der Waals surface area contributed by atoms with E-state index in [-0.39, 0.29) is 0 Å². The first-order valence-electron chi connectivity index (χ1n) is 4.34. The van der Waals surface area contributed by atoms with Crippen LogP contribution >= 0.6 is 0 Å². The second-order valence-corrected chi connectivity index (χ2v) is 4.26. The van der Waals surface area contributed by atoms with E-state index in [1.54, 1.807) is 6.26 Å². The SMILES string of the molecule is C[S+]([O-])c1ccccc1-c1ncncn1. The summed E-state index contributed by atoms with van der Waals surface area (Å²) in [7, 11) is 0. The molecule has 0 aliphatic carbocycles. The molecule has 0 radical (unpaired) electrons. The van der Waals surface area contributed by atoms with E-state index in [2.05, 4.69) is 15.0 Å². The van der Waals surface area contributed by atoms with Crippen molar-refractivity contribution >= 4 is 11.2 Å². The number of hydrogen-bond acceptors (Lipinski definition) is 4. The molecule has 76 valence electrons. The van der Waals surface area contributed by atoms with Crippen LogP contribution in [0.2, 0.25) is 0 Å². The van der Waals surface area contributed by atoms with E-state index in [4.69, 9.17) is 0 Å². The average Bonchev–Trinajstić information content (AvgIpc) is 2.30. The quantitative estimate of drug-likeness (QED) is 0.714. The molecular formula is C10H9N3OS. The molecule has 4 nitrogen and oxygen atoms in total. The lowest BCUT2D eigenvalue weighted by Gasteiger charge is -2.08. The Morgan fingerprint density at radius 1 is 1.13 bits per heavy atom. The summed E-state index contributed by atoms with van der Waals surface area (Å²) in [6, 6.07) is 7.39. The van der Waals surface area contributed by atoms with Gasteiger partial charge in [-0.1, -0.05) is 12.1 Å². The molecule has 0 bridgehead atoms. The van der Waals surface area contributed by atoms with Crippen molar-refractivity contribution in [3.05, 3.63) is 36.9 Å². The third-order valence-electron chi connectivity index (χ3n) is 1.93. The van der Waals surface area contributed by atoms with Gasteiger partial charge in [0.25, 0.3) is 0 Å². The van der Waals surface area contributed by atoms with E-state index in [0.29, 0.717) is 5.82 Å². The number of aromatic nitrogens is 3. The van der Waals surface area contributed by atoms with Crippen molar-refractivity contribution in [1.82, 2.24) is 15.0 Å². The predicted octanol–water partition coefficient (Wildman–Crippen LogP) is 1.28. The van der Waals surface area contributed by atoms with E-state index in [1.807, 2.05) is 24.3 Å². The Bertz CT molecular complexity index is 447. The first-order valence-corrected chi connectivity index (χ1v) is 5.89. The Hall–Kier alpha value is -1.46. The van der Waals surface area contributed by atoms with Crippen molar-refractivity contribution in [3.8, 4) is 11.4 Å². The Morgan fingerprint density at radius 3 is 2.47 bits per heavy atom. The van der Waals surface area contributed by atoms with Crippen molar-refractivity contribution in [2.75, 3.05) is 6.26 Å². The lowest BCUT2D eigenvalue weighted by molar-refractivity contribution is 0.601. The molecule has 1 aromatic carbocycles. The summed E-state index contributed by atoms with van der Waals surface area (Å²) >= 11 is -1.04. The molecule has 2 rings (SSSR count). The second kappa shape index (κ2) is 4.37. The van der Waals surface area contributed by atoms with E-state index < -0.39 is 11.2 Å². The summed E-state index contributed by atoms with van der Waals surface area (Å²) in [6.45, 7) is 0. The fourth-order valence-corrected chi connectivity index (χ4v) is 2.02. The van der Waals surface area contributed by atoms with Crippen molar-refractivity contribution in [1.29, 1.82) is 0 Å². The number of rotatable bonds is 2. The van der Waals surface area contributed by atoms with E-state index in [9.17, 15) is 4.55 Å². The molecule has 1 atom stereocenters. The van der Waals surface area contributed by atoms with Gasteiger partial charge in [0.15, 0.2) is 10.7 Å². The molecule has 0 N–H and O–H groups in total. The summed E-state index contributed by atoms with van der Waals surface area (Å²) in [5.41, 5.74) is 0.792. The van der Waals surface area contributed by atoms with Crippen molar-refractivity contribution in [2.45, 2.75) is 4.90 Å². The fourth-order valence-electron chi connectivity index (χ4n) is 1.28. The molecule has 15 heavy (non-hydrogen) atoms. The Kier molecular flexibility index (Phi) is 2.94. The third kappa shape index (κ3) is 2.14. The second-order valence-electron chi connectivity index (χ2n) is 2.91. The molecule has 0 aliphatic heterocycles.